The maximum Gasteiger partial charge on any atom is 0.139 e. The van der Waals surface area contributed by atoms with Gasteiger partial charge in [-0.2, -0.15) is 0 Å². The van der Waals surface area contributed by atoms with E-state index in [1.54, 1.807) is 0 Å². The SMILES string of the molecule is c1ccc(CN2CCC(n3ccc4cnc5[nH]ccc5c43)C2)cc1. The van der Waals surface area contributed by atoms with Crippen LogP contribution in [0.1, 0.15) is 18.0 Å². The first-order chi connectivity index (χ1) is 11.9. The molecular formula is C20H20N4. The van der Waals surface area contributed by atoms with E-state index in [-0.39, 0.29) is 0 Å². The van der Waals surface area contributed by atoms with Crippen molar-refractivity contribution in [3.63, 3.8) is 0 Å². The molecule has 0 saturated carbocycles. The molecule has 1 saturated heterocycles. The summed E-state index contributed by atoms with van der Waals surface area (Å²) in [6.45, 7) is 3.30. The first-order valence-electron chi connectivity index (χ1n) is 8.57. The van der Waals surface area contributed by atoms with Crippen LogP contribution in [0.2, 0.25) is 0 Å². The second-order valence-electron chi connectivity index (χ2n) is 6.69. The smallest absolute Gasteiger partial charge is 0.139 e. The Morgan fingerprint density at radius 1 is 1.12 bits per heavy atom. The topological polar surface area (TPSA) is 36.9 Å². The van der Waals surface area contributed by atoms with E-state index in [2.05, 4.69) is 68.1 Å². The fraction of sp³-hybridized carbons (Fsp3) is 0.250. The van der Waals surface area contributed by atoms with Gasteiger partial charge in [0.15, 0.2) is 0 Å². The Bertz CT molecular complexity index is 983. The van der Waals surface area contributed by atoms with Crippen molar-refractivity contribution in [3.8, 4) is 0 Å². The molecule has 4 heterocycles. The lowest BCUT2D eigenvalue weighted by atomic mass is 10.2. The minimum absolute atomic E-state index is 0.534. The van der Waals surface area contributed by atoms with Crippen LogP contribution in [0.3, 0.4) is 0 Å². The summed E-state index contributed by atoms with van der Waals surface area (Å²) in [4.78, 5) is 10.3. The van der Waals surface area contributed by atoms with Crippen LogP contribution >= 0.6 is 0 Å². The summed E-state index contributed by atoms with van der Waals surface area (Å²) in [6.07, 6.45) is 7.38. The molecule has 0 spiro atoms. The van der Waals surface area contributed by atoms with Crippen molar-refractivity contribution in [1.82, 2.24) is 19.4 Å². The van der Waals surface area contributed by atoms with Crippen LogP contribution in [0, 0.1) is 0 Å². The summed E-state index contributed by atoms with van der Waals surface area (Å²) in [5.41, 5.74) is 3.68. The summed E-state index contributed by atoms with van der Waals surface area (Å²) >= 11 is 0. The molecule has 4 heteroatoms. The zero-order valence-corrected chi connectivity index (χ0v) is 13.5. The molecule has 0 bridgehead atoms. The van der Waals surface area contributed by atoms with Crippen LogP contribution in [0.4, 0.5) is 0 Å². The third kappa shape index (κ3) is 2.22. The largest absolute Gasteiger partial charge is 0.346 e. The summed E-state index contributed by atoms with van der Waals surface area (Å²) in [7, 11) is 0. The number of rotatable bonds is 3. The second kappa shape index (κ2) is 5.49. The first-order valence-corrected chi connectivity index (χ1v) is 8.57. The van der Waals surface area contributed by atoms with Crippen molar-refractivity contribution in [2.45, 2.75) is 19.0 Å². The van der Waals surface area contributed by atoms with E-state index in [9.17, 15) is 0 Å². The van der Waals surface area contributed by atoms with Gasteiger partial charge in [-0.25, -0.2) is 4.98 Å². The Hall–Kier alpha value is -2.59. The zero-order valence-electron chi connectivity index (χ0n) is 13.5. The molecule has 0 radical (unpaired) electrons. The highest BCUT2D eigenvalue weighted by Gasteiger charge is 2.25. The van der Waals surface area contributed by atoms with E-state index in [1.807, 2.05) is 12.4 Å². The number of benzene rings is 1. The van der Waals surface area contributed by atoms with Crippen molar-refractivity contribution in [2.24, 2.45) is 0 Å². The standard InChI is InChI=1S/C20H20N4/c1-2-4-15(5-3-1)13-23-10-8-17(14-23)24-11-7-16-12-22-20-18(19(16)24)6-9-21-20/h1-7,9,11-12,17H,8,10,13-14H2,(H,21,22). The first kappa shape index (κ1) is 13.8. The van der Waals surface area contributed by atoms with Crippen molar-refractivity contribution in [1.29, 1.82) is 0 Å². The van der Waals surface area contributed by atoms with Gasteiger partial charge in [0, 0.05) is 55.0 Å². The number of nitrogens with zero attached hydrogens (tertiary/aromatic N) is 3. The lowest BCUT2D eigenvalue weighted by Gasteiger charge is -2.18. The van der Waals surface area contributed by atoms with Crippen molar-refractivity contribution >= 4 is 21.9 Å². The number of hydrogen-bond donors (Lipinski definition) is 1. The molecule has 1 atom stereocenters. The van der Waals surface area contributed by atoms with Gasteiger partial charge in [0.1, 0.15) is 5.65 Å². The second-order valence-corrected chi connectivity index (χ2v) is 6.69. The molecule has 1 aromatic carbocycles. The Morgan fingerprint density at radius 2 is 2.04 bits per heavy atom. The van der Waals surface area contributed by atoms with E-state index < -0.39 is 0 Å². The number of aromatic amines is 1. The monoisotopic (exact) mass is 316 g/mol. The predicted molar refractivity (Wildman–Crippen MR) is 97.0 cm³/mol. The maximum absolute atomic E-state index is 4.50. The summed E-state index contributed by atoms with van der Waals surface area (Å²) in [5.74, 6) is 0. The molecule has 4 aromatic rings. The number of aromatic nitrogens is 3. The average molecular weight is 316 g/mol. The van der Waals surface area contributed by atoms with Gasteiger partial charge in [-0.15, -0.1) is 0 Å². The molecule has 4 nitrogen and oxygen atoms in total. The van der Waals surface area contributed by atoms with E-state index in [0.29, 0.717) is 6.04 Å². The molecule has 5 rings (SSSR count). The van der Waals surface area contributed by atoms with Crippen LogP contribution in [-0.4, -0.2) is 32.5 Å². The molecule has 3 aromatic heterocycles. The Balaban J connectivity index is 1.45. The molecule has 0 amide bonds. The van der Waals surface area contributed by atoms with Crippen molar-refractivity contribution in [2.75, 3.05) is 13.1 Å². The summed E-state index contributed by atoms with van der Waals surface area (Å²) < 4.78 is 2.46. The summed E-state index contributed by atoms with van der Waals surface area (Å²) in [6, 6.07) is 15.6. The Morgan fingerprint density at radius 3 is 2.96 bits per heavy atom. The van der Waals surface area contributed by atoms with Gasteiger partial charge in [-0.05, 0) is 24.1 Å². The normalized spacial score (nSPS) is 18.8. The molecule has 1 fully saturated rings. The third-order valence-corrected chi connectivity index (χ3v) is 5.15. The number of pyridine rings is 1. The average Bonchev–Trinajstić information content (AvgIpc) is 3.33. The number of H-pyrrole nitrogens is 1. The number of fused-ring (bicyclic) bond motifs is 3. The van der Waals surface area contributed by atoms with Crippen molar-refractivity contribution < 1.29 is 0 Å². The minimum atomic E-state index is 0.534. The molecule has 1 N–H and O–H groups in total. The lowest BCUT2D eigenvalue weighted by molar-refractivity contribution is 0.317. The number of likely N-dealkylation sites (tertiary alicyclic amines) is 1. The van der Waals surface area contributed by atoms with Gasteiger partial charge in [-0.1, -0.05) is 30.3 Å². The fourth-order valence-electron chi connectivity index (χ4n) is 3.98. The quantitative estimate of drug-likeness (QED) is 0.621. The predicted octanol–water partition coefficient (Wildman–Crippen LogP) is 3.96. The maximum atomic E-state index is 4.50. The molecular weight excluding hydrogens is 296 g/mol. The van der Waals surface area contributed by atoms with Crippen molar-refractivity contribution in [3.05, 3.63) is 66.6 Å². The fourth-order valence-corrected chi connectivity index (χ4v) is 3.98. The van der Waals surface area contributed by atoms with Crippen LogP contribution in [-0.2, 0) is 6.54 Å². The highest BCUT2D eigenvalue weighted by atomic mass is 15.2. The van der Waals surface area contributed by atoms with Gasteiger partial charge < -0.3 is 9.55 Å². The van der Waals surface area contributed by atoms with Gasteiger partial charge in [-0.3, -0.25) is 4.90 Å². The lowest BCUT2D eigenvalue weighted by Crippen LogP contribution is -2.21. The number of nitrogens with one attached hydrogen (secondary N) is 1. The Labute approximate surface area is 140 Å². The van der Waals surface area contributed by atoms with E-state index in [0.717, 1.165) is 25.3 Å². The summed E-state index contributed by atoms with van der Waals surface area (Å²) in [5, 5.41) is 2.45. The van der Waals surface area contributed by atoms with E-state index in [4.69, 9.17) is 0 Å². The van der Waals surface area contributed by atoms with Crippen LogP contribution < -0.4 is 0 Å². The van der Waals surface area contributed by atoms with E-state index in [1.165, 1.54) is 28.3 Å². The van der Waals surface area contributed by atoms with Crippen LogP contribution in [0.25, 0.3) is 21.9 Å². The third-order valence-electron chi connectivity index (χ3n) is 5.15. The highest BCUT2D eigenvalue weighted by Crippen LogP contribution is 2.31. The van der Waals surface area contributed by atoms with Gasteiger partial charge >= 0.3 is 0 Å². The van der Waals surface area contributed by atoms with Crippen LogP contribution in [0.15, 0.2) is 61.1 Å². The van der Waals surface area contributed by atoms with Gasteiger partial charge in [0.05, 0.1) is 5.52 Å². The van der Waals surface area contributed by atoms with Gasteiger partial charge in [0.2, 0.25) is 0 Å². The molecule has 1 aliphatic rings. The zero-order chi connectivity index (χ0) is 15.9. The number of hydrogen-bond acceptors (Lipinski definition) is 2. The minimum Gasteiger partial charge on any atom is -0.346 e. The van der Waals surface area contributed by atoms with Gasteiger partial charge in [0.25, 0.3) is 0 Å². The molecule has 24 heavy (non-hydrogen) atoms. The molecule has 0 aliphatic carbocycles. The van der Waals surface area contributed by atoms with Crippen LogP contribution in [0.5, 0.6) is 0 Å². The Kier molecular flexibility index (Phi) is 3.16. The molecule has 1 unspecified atom stereocenters. The molecule has 1 aliphatic heterocycles. The highest BCUT2D eigenvalue weighted by molar-refractivity contribution is 6.02. The van der Waals surface area contributed by atoms with E-state index >= 15 is 0 Å². The molecule has 120 valence electrons.